The Morgan fingerprint density at radius 2 is 2.29 bits per heavy atom. The second-order valence-electron chi connectivity index (χ2n) is 3.10. The highest BCUT2D eigenvalue weighted by atomic mass is 79.9. The third-order valence-corrected chi connectivity index (χ3v) is 2.57. The minimum Gasteiger partial charge on any atom is -0.506 e. The quantitative estimate of drug-likeness (QED) is 0.869. The van der Waals surface area contributed by atoms with E-state index >= 15 is 0 Å². The van der Waals surface area contributed by atoms with Crippen molar-refractivity contribution in [2.24, 2.45) is 0 Å². The molecule has 1 heterocycles. The molecule has 1 aromatic rings. The van der Waals surface area contributed by atoms with Crippen LogP contribution in [0, 0.1) is 0 Å². The fourth-order valence-corrected chi connectivity index (χ4v) is 1.61. The van der Waals surface area contributed by atoms with Crippen molar-refractivity contribution >= 4 is 21.9 Å². The summed E-state index contributed by atoms with van der Waals surface area (Å²) in [5.41, 5.74) is -0.635. The number of nitrogens with zero attached hydrogens (tertiary/aromatic N) is 1. The molecule has 0 aliphatic carbocycles. The zero-order valence-electron chi connectivity index (χ0n) is 8.91. The summed E-state index contributed by atoms with van der Waals surface area (Å²) in [7, 11) is 0. The first kappa shape index (κ1) is 13.8. The van der Waals surface area contributed by atoms with E-state index in [1.807, 2.05) is 0 Å². The number of carbonyl (C=O) groups excluding carboxylic acids is 1. The lowest BCUT2D eigenvalue weighted by atomic mass is 10.2. The molecule has 94 valence electrons. The van der Waals surface area contributed by atoms with Crippen LogP contribution in [0.2, 0.25) is 0 Å². The van der Waals surface area contributed by atoms with Crippen LogP contribution in [0.15, 0.2) is 10.5 Å². The van der Waals surface area contributed by atoms with E-state index in [9.17, 15) is 18.7 Å². The average Bonchev–Trinajstić information content (AvgIpc) is 2.21. The Morgan fingerprint density at radius 1 is 1.65 bits per heavy atom. The lowest BCUT2D eigenvalue weighted by Crippen LogP contribution is -2.10. The first-order chi connectivity index (χ1) is 7.95. The normalized spacial score (nSPS) is 10.6. The molecule has 0 amide bonds. The third kappa shape index (κ3) is 3.62. The number of hydrogen-bond acceptors (Lipinski definition) is 4. The number of alkyl halides is 2. The number of rotatable bonds is 4. The van der Waals surface area contributed by atoms with Crippen LogP contribution in [0.4, 0.5) is 8.78 Å². The Bertz CT molecular complexity index is 426. The Hall–Kier alpha value is -1.24. The lowest BCUT2D eigenvalue weighted by molar-refractivity contribution is -0.142. The van der Waals surface area contributed by atoms with Gasteiger partial charge in [-0.1, -0.05) is 0 Å². The minimum absolute atomic E-state index is 0.108. The SMILES string of the molecule is CCOC(=O)Cc1nc(C(F)F)c(O)cc1Br. The van der Waals surface area contributed by atoms with Gasteiger partial charge in [0.15, 0.2) is 0 Å². The molecule has 1 aromatic heterocycles. The first-order valence-electron chi connectivity index (χ1n) is 4.77. The van der Waals surface area contributed by atoms with Crippen molar-refractivity contribution in [3.05, 3.63) is 21.9 Å². The van der Waals surface area contributed by atoms with E-state index in [2.05, 4.69) is 25.7 Å². The van der Waals surface area contributed by atoms with Gasteiger partial charge in [0.25, 0.3) is 6.43 Å². The van der Waals surface area contributed by atoms with Gasteiger partial charge >= 0.3 is 5.97 Å². The number of hydrogen-bond donors (Lipinski definition) is 1. The number of ether oxygens (including phenoxy) is 1. The monoisotopic (exact) mass is 309 g/mol. The van der Waals surface area contributed by atoms with E-state index < -0.39 is 23.8 Å². The Kier molecular flexibility index (Phi) is 4.80. The molecule has 0 aromatic carbocycles. The summed E-state index contributed by atoms with van der Waals surface area (Å²) in [4.78, 5) is 14.7. The van der Waals surface area contributed by atoms with E-state index in [-0.39, 0.29) is 23.2 Å². The minimum atomic E-state index is -2.90. The second kappa shape index (κ2) is 5.90. The predicted octanol–water partition coefficient (Wildman–Crippen LogP) is 2.59. The van der Waals surface area contributed by atoms with Gasteiger partial charge in [-0.05, 0) is 28.9 Å². The molecule has 0 spiro atoms. The van der Waals surface area contributed by atoms with Crippen molar-refractivity contribution in [3.63, 3.8) is 0 Å². The number of pyridine rings is 1. The molecule has 0 saturated heterocycles. The second-order valence-corrected chi connectivity index (χ2v) is 3.96. The maximum atomic E-state index is 12.5. The van der Waals surface area contributed by atoms with Gasteiger partial charge < -0.3 is 9.84 Å². The van der Waals surface area contributed by atoms with Crippen molar-refractivity contribution < 1.29 is 23.4 Å². The average molecular weight is 310 g/mol. The molecule has 0 unspecified atom stereocenters. The molecule has 7 heteroatoms. The summed E-state index contributed by atoms with van der Waals surface area (Å²) in [5, 5.41) is 9.24. The van der Waals surface area contributed by atoms with Crippen LogP contribution in [0.25, 0.3) is 0 Å². The molecule has 0 aliphatic heterocycles. The number of halogens is 3. The van der Waals surface area contributed by atoms with Gasteiger partial charge in [0.2, 0.25) is 0 Å². The molecular formula is C10H10BrF2NO3. The number of aromatic nitrogens is 1. The van der Waals surface area contributed by atoms with Crippen molar-refractivity contribution in [1.82, 2.24) is 4.98 Å². The van der Waals surface area contributed by atoms with Crippen LogP contribution >= 0.6 is 15.9 Å². The Labute approximate surface area is 105 Å². The van der Waals surface area contributed by atoms with Gasteiger partial charge in [0.05, 0.1) is 18.7 Å². The summed E-state index contributed by atoms with van der Waals surface area (Å²) in [6.45, 7) is 1.85. The summed E-state index contributed by atoms with van der Waals surface area (Å²) in [6.07, 6.45) is -3.13. The fraction of sp³-hybridized carbons (Fsp3) is 0.400. The molecule has 1 N–H and O–H groups in total. The van der Waals surface area contributed by atoms with Gasteiger partial charge in [0, 0.05) is 4.47 Å². The van der Waals surface area contributed by atoms with E-state index in [1.165, 1.54) is 0 Å². The molecule has 0 bridgehead atoms. The summed E-state index contributed by atoms with van der Waals surface area (Å²) >= 11 is 3.03. The zero-order valence-corrected chi connectivity index (χ0v) is 10.5. The van der Waals surface area contributed by atoms with Crippen LogP contribution in [0.1, 0.15) is 24.7 Å². The van der Waals surface area contributed by atoms with Crippen molar-refractivity contribution in [2.45, 2.75) is 19.8 Å². The standard InChI is InChI=1S/C10H10BrF2NO3/c1-2-17-8(16)4-6-5(11)3-7(15)9(14-6)10(12)13/h3,10,15H,2,4H2,1H3. The van der Waals surface area contributed by atoms with Crippen molar-refractivity contribution in [3.8, 4) is 5.75 Å². The van der Waals surface area contributed by atoms with E-state index in [0.29, 0.717) is 0 Å². The summed E-state index contributed by atoms with van der Waals surface area (Å²) in [5.74, 6) is -1.17. The number of esters is 1. The molecule has 0 atom stereocenters. The zero-order chi connectivity index (χ0) is 13.0. The van der Waals surface area contributed by atoms with Gasteiger partial charge in [0.1, 0.15) is 11.4 Å². The van der Waals surface area contributed by atoms with Gasteiger partial charge in [-0.2, -0.15) is 0 Å². The highest BCUT2D eigenvalue weighted by molar-refractivity contribution is 9.10. The highest BCUT2D eigenvalue weighted by Gasteiger charge is 2.19. The first-order valence-corrected chi connectivity index (χ1v) is 5.57. The lowest BCUT2D eigenvalue weighted by Gasteiger charge is -2.08. The van der Waals surface area contributed by atoms with E-state index in [0.717, 1.165) is 6.07 Å². The summed E-state index contributed by atoms with van der Waals surface area (Å²) in [6, 6.07) is 1.09. The van der Waals surface area contributed by atoms with E-state index in [1.54, 1.807) is 6.92 Å². The third-order valence-electron chi connectivity index (χ3n) is 1.88. The number of aromatic hydroxyl groups is 1. The fourth-order valence-electron chi connectivity index (χ4n) is 1.17. The number of carbonyl (C=O) groups is 1. The van der Waals surface area contributed by atoms with Crippen LogP contribution in [0.3, 0.4) is 0 Å². The molecule has 4 nitrogen and oxygen atoms in total. The molecule has 1 rings (SSSR count). The van der Waals surface area contributed by atoms with Gasteiger partial charge in [-0.15, -0.1) is 0 Å². The van der Waals surface area contributed by atoms with Crippen LogP contribution in [0.5, 0.6) is 5.75 Å². The molecule has 0 saturated carbocycles. The molecule has 0 aliphatic rings. The van der Waals surface area contributed by atoms with Crippen LogP contribution in [-0.2, 0) is 16.0 Å². The van der Waals surface area contributed by atoms with Gasteiger partial charge in [-0.25, -0.2) is 13.8 Å². The maximum Gasteiger partial charge on any atom is 0.311 e. The van der Waals surface area contributed by atoms with Crippen LogP contribution < -0.4 is 0 Å². The predicted molar refractivity (Wildman–Crippen MR) is 58.9 cm³/mol. The molecule has 0 radical (unpaired) electrons. The Balaban J connectivity index is 2.99. The van der Waals surface area contributed by atoms with Crippen LogP contribution in [-0.4, -0.2) is 22.7 Å². The molecule has 17 heavy (non-hydrogen) atoms. The van der Waals surface area contributed by atoms with Crippen molar-refractivity contribution in [1.29, 1.82) is 0 Å². The van der Waals surface area contributed by atoms with E-state index in [4.69, 9.17) is 0 Å². The van der Waals surface area contributed by atoms with Gasteiger partial charge in [-0.3, -0.25) is 4.79 Å². The Morgan fingerprint density at radius 3 is 2.82 bits per heavy atom. The van der Waals surface area contributed by atoms with Crippen molar-refractivity contribution in [2.75, 3.05) is 6.61 Å². The maximum absolute atomic E-state index is 12.5. The highest BCUT2D eigenvalue weighted by Crippen LogP contribution is 2.30. The summed E-state index contributed by atoms with van der Waals surface area (Å²) < 4.78 is 29.9. The molecular weight excluding hydrogens is 300 g/mol. The largest absolute Gasteiger partial charge is 0.506 e. The topological polar surface area (TPSA) is 59.4 Å². The smallest absolute Gasteiger partial charge is 0.311 e. The molecule has 0 fully saturated rings.